The van der Waals surface area contributed by atoms with Gasteiger partial charge < -0.3 is 29.3 Å². The van der Waals surface area contributed by atoms with Gasteiger partial charge in [-0.2, -0.15) is 0 Å². The maximum absolute atomic E-state index is 13.8. The van der Waals surface area contributed by atoms with Gasteiger partial charge in [-0.25, -0.2) is 4.79 Å². The molecule has 0 bridgehead atoms. The lowest BCUT2D eigenvalue weighted by atomic mass is 9.84. The van der Waals surface area contributed by atoms with Gasteiger partial charge in [0.05, 0.1) is 31.0 Å². The van der Waals surface area contributed by atoms with Crippen LogP contribution in [0.2, 0.25) is 0 Å². The third kappa shape index (κ3) is 7.03. The average molecular weight is 581 g/mol. The molecule has 1 aliphatic heterocycles. The number of carbonyl (C=O) groups is 3. The van der Waals surface area contributed by atoms with E-state index >= 15 is 0 Å². The fourth-order valence-corrected chi connectivity index (χ4v) is 5.03. The van der Waals surface area contributed by atoms with Crippen LogP contribution < -0.4 is 19.7 Å². The number of hydrogen-bond acceptors (Lipinski definition) is 8. The summed E-state index contributed by atoms with van der Waals surface area (Å²) in [5.74, 6) is 0.284. The highest BCUT2D eigenvalue weighted by atomic mass is 16.6. The first-order valence-electron chi connectivity index (χ1n) is 14.5. The SMILES string of the molecule is CCOC(=O)COc1c(N(CC)CC)cc(C(=O)CN2Cc3cc(OCC)c(C(=O)NC)cc3C2=N)cc1C(C)(C)C. The summed E-state index contributed by atoms with van der Waals surface area (Å²) in [6.45, 7) is 15.9. The highest BCUT2D eigenvalue weighted by Crippen LogP contribution is 2.41. The fraction of sp³-hybridized carbons (Fsp3) is 0.500. The van der Waals surface area contributed by atoms with E-state index in [1.807, 2.05) is 53.7 Å². The van der Waals surface area contributed by atoms with Crippen molar-refractivity contribution in [3.8, 4) is 11.5 Å². The van der Waals surface area contributed by atoms with E-state index in [9.17, 15) is 14.4 Å². The Labute approximate surface area is 248 Å². The molecule has 1 heterocycles. The van der Waals surface area contributed by atoms with Crippen LogP contribution in [-0.4, -0.2) is 74.9 Å². The Morgan fingerprint density at radius 3 is 2.26 bits per heavy atom. The number of benzene rings is 2. The Balaban J connectivity index is 1.99. The van der Waals surface area contributed by atoms with Gasteiger partial charge in [-0.05, 0) is 62.9 Å². The molecule has 0 aromatic heterocycles. The summed E-state index contributed by atoms with van der Waals surface area (Å²) in [7, 11) is 1.55. The molecule has 0 saturated heterocycles. The summed E-state index contributed by atoms with van der Waals surface area (Å²) >= 11 is 0. The van der Waals surface area contributed by atoms with E-state index in [-0.39, 0.29) is 37.3 Å². The monoisotopic (exact) mass is 580 g/mol. The number of nitrogens with one attached hydrogen (secondary N) is 2. The highest BCUT2D eigenvalue weighted by Gasteiger charge is 2.31. The van der Waals surface area contributed by atoms with Gasteiger partial charge in [0, 0.05) is 43.4 Å². The molecule has 0 fully saturated rings. The zero-order valence-corrected chi connectivity index (χ0v) is 26.1. The van der Waals surface area contributed by atoms with Gasteiger partial charge in [-0.3, -0.25) is 15.0 Å². The van der Waals surface area contributed by atoms with Crippen molar-refractivity contribution >= 4 is 29.2 Å². The molecular weight excluding hydrogens is 536 g/mol. The number of hydrogen-bond donors (Lipinski definition) is 2. The van der Waals surface area contributed by atoms with Gasteiger partial charge in [-0.15, -0.1) is 0 Å². The lowest BCUT2D eigenvalue weighted by Gasteiger charge is -2.30. The molecule has 0 saturated carbocycles. The first-order valence-corrected chi connectivity index (χ1v) is 14.5. The molecule has 2 aromatic rings. The molecule has 0 radical (unpaired) electrons. The number of Topliss-reactive ketones (excluding diaryl/α,β-unsaturated/α-hetero) is 1. The molecule has 228 valence electrons. The zero-order chi connectivity index (χ0) is 31.2. The normalized spacial score (nSPS) is 12.6. The predicted molar refractivity (Wildman–Crippen MR) is 163 cm³/mol. The first-order chi connectivity index (χ1) is 19.9. The van der Waals surface area contributed by atoms with E-state index in [2.05, 4.69) is 10.2 Å². The lowest BCUT2D eigenvalue weighted by Crippen LogP contribution is -2.31. The lowest BCUT2D eigenvalue weighted by molar-refractivity contribution is -0.145. The molecule has 1 amide bonds. The molecule has 0 unspecified atom stereocenters. The predicted octanol–water partition coefficient (Wildman–Crippen LogP) is 4.55. The van der Waals surface area contributed by atoms with Crippen molar-refractivity contribution in [2.24, 2.45) is 0 Å². The Morgan fingerprint density at radius 2 is 1.69 bits per heavy atom. The number of ketones is 1. The molecular formula is C32H44N4O6. The van der Waals surface area contributed by atoms with Crippen molar-refractivity contribution in [3.05, 3.63) is 52.1 Å². The number of carbonyl (C=O) groups excluding carboxylic acids is 3. The second-order valence-electron chi connectivity index (χ2n) is 11.0. The number of anilines is 1. The summed E-state index contributed by atoms with van der Waals surface area (Å²) in [4.78, 5) is 42.3. The second kappa shape index (κ2) is 13.7. The van der Waals surface area contributed by atoms with Crippen LogP contribution in [0.1, 0.15) is 85.9 Å². The summed E-state index contributed by atoms with van der Waals surface area (Å²) in [6, 6.07) is 7.10. The summed E-state index contributed by atoms with van der Waals surface area (Å²) < 4.78 is 16.9. The van der Waals surface area contributed by atoms with E-state index in [1.165, 1.54) is 0 Å². The molecule has 42 heavy (non-hydrogen) atoms. The van der Waals surface area contributed by atoms with Crippen LogP contribution in [0.4, 0.5) is 5.69 Å². The smallest absolute Gasteiger partial charge is 0.344 e. The molecule has 2 aromatic carbocycles. The Morgan fingerprint density at radius 1 is 1.00 bits per heavy atom. The number of nitrogens with zero attached hydrogens (tertiary/aromatic N) is 2. The molecule has 0 atom stereocenters. The molecule has 10 heteroatoms. The van der Waals surface area contributed by atoms with Crippen LogP contribution in [0, 0.1) is 5.41 Å². The Kier molecular flexibility index (Phi) is 10.6. The zero-order valence-electron chi connectivity index (χ0n) is 26.1. The van der Waals surface area contributed by atoms with Crippen molar-refractivity contribution in [3.63, 3.8) is 0 Å². The summed E-state index contributed by atoms with van der Waals surface area (Å²) in [5.41, 5.74) is 3.42. The van der Waals surface area contributed by atoms with Gasteiger partial charge in [0.1, 0.15) is 17.3 Å². The Hall–Kier alpha value is -4.08. The van der Waals surface area contributed by atoms with Gasteiger partial charge in [-0.1, -0.05) is 20.8 Å². The summed E-state index contributed by atoms with van der Waals surface area (Å²) in [6.07, 6.45) is 0. The topological polar surface area (TPSA) is 121 Å². The van der Waals surface area contributed by atoms with Gasteiger partial charge >= 0.3 is 5.97 Å². The van der Waals surface area contributed by atoms with Crippen molar-refractivity contribution in [2.45, 2.75) is 60.4 Å². The van der Waals surface area contributed by atoms with E-state index in [0.29, 0.717) is 54.4 Å². The van der Waals surface area contributed by atoms with Crippen molar-refractivity contribution in [1.29, 1.82) is 5.41 Å². The van der Waals surface area contributed by atoms with Crippen LogP contribution in [0.25, 0.3) is 0 Å². The maximum atomic E-state index is 13.8. The van der Waals surface area contributed by atoms with Crippen LogP contribution in [-0.2, 0) is 21.5 Å². The van der Waals surface area contributed by atoms with E-state index in [0.717, 1.165) is 16.8 Å². The molecule has 0 spiro atoms. The minimum Gasteiger partial charge on any atom is -0.493 e. The first kappa shape index (κ1) is 32.4. The second-order valence-corrected chi connectivity index (χ2v) is 11.0. The highest BCUT2D eigenvalue weighted by molar-refractivity contribution is 6.08. The average Bonchev–Trinajstić information content (AvgIpc) is 3.25. The quantitative estimate of drug-likeness (QED) is 0.261. The number of amides is 1. The maximum Gasteiger partial charge on any atom is 0.344 e. The van der Waals surface area contributed by atoms with Gasteiger partial charge in [0.2, 0.25) is 0 Å². The minimum absolute atomic E-state index is 0.0168. The summed E-state index contributed by atoms with van der Waals surface area (Å²) in [5, 5.41) is 11.4. The third-order valence-corrected chi connectivity index (χ3v) is 7.19. The van der Waals surface area contributed by atoms with Crippen molar-refractivity contribution in [2.75, 3.05) is 51.4 Å². The van der Waals surface area contributed by atoms with E-state index in [4.69, 9.17) is 19.6 Å². The number of amidine groups is 1. The standard InChI is InChI=1S/C32H44N4O6/c1-9-35(10-2)25-14-20(13-24(32(5,6)7)29(25)42-19-28(38)41-12-4)26(37)18-36-17-21-15-27(40-11-3)23(31(39)34-8)16-22(21)30(36)33/h13-16,33H,9-12,17-19H2,1-8H3,(H,34,39). The molecule has 0 aliphatic carbocycles. The molecule has 2 N–H and O–H groups in total. The third-order valence-electron chi connectivity index (χ3n) is 7.19. The minimum atomic E-state index is -0.456. The van der Waals surface area contributed by atoms with Crippen LogP contribution in [0.3, 0.4) is 0 Å². The number of rotatable bonds is 13. The van der Waals surface area contributed by atoms with E-state index in [1.54, 1.807) is 31.0 Å². The molecule has 3 rings (SSSR count). The van der Waals surface area contributed by atoms with Crippen LogP contribution in [0.15, 0.2) is 24.3 Å². The molecule has 1 aliphatic rings. The number of fused-ring (bicyclic) bond motifs is 1. The van der Waals surface area contributed by atoms with Crippen LogP contribution in [0.5, 0.6) is 11.5 Å². The van der Waals surface area contributed by atoms with Crippen molar-refractivity contribution < 1.29 is 28.6 Å². The number of ether oxygens (including phenoxy) is 3. The van der Waals surface area contributed by atoms with E-state index < -0.39 is 11.4 Å². The fourth-order valence-electron chi connectivity index (χ4n) is 5.03. The van der Waals surface area contributed by atoms with Crippen molar-refractivity contribution in [1.82, 2.24) is 10.2 Å². The largest absolute Gasteiger partial charge is 0.493 e. The van der Waals surface area contributed by atoms with Gasteiger partial charge in [0.25, 0.3) is 5.91 Å². The van der Waals surface area contributed by atoms with Gasteiger partial charge in [0.15, 0.2) is 12.4 Å². The number of esters is 1. The molecule has 10 nitrogen and oxygen atoms in total. The van der Waals surface area contributed by atoms with Crippen LogP contribution >= 0.6 is 0 Å². The Bertz CT molecular complexity index is 1340.